The molecule has 0 atom stereocenters. The Balaban J connectivity index is 1.32. The maximum Gasteiger partial charge on any atom is 0.242 e. The maximum absolute atomic E-state index is 12.7. The molecule has 168 valence electrons. The summed E-state index contributed by atoms with van der Waals surface area (Å²) >= 11 is 6.02. The highest BCUT2D eigenvalue weighted by Crippen LogP contribution is 2.34. The van der Waals surface area contributed by atoms with Gasteiger partial charge in [-0.05, 0) is 54.8 Å². The second-order valence-electron chi connectivity index (χ2n) is 7.31. The fraction of sp³-hybridized carbons (Fsp3) is 0.400. The number of hydroxylamine groups is 3. The highest BCUT2D eigenvalue weighted by atomic mass is 35.5. The largest absolute Gasteiger partial charge is 0.493 e. The Labute approximate surface area is 186 Å². The Morgan fingerprint density at radius 1 is 1.19 bits per heavy atom. The van der Waals surface area contributed by atoms with Gasteiger partial charge < -0.3 is 9.47 Å². The van der Waals surface area contributed by atoms with Crippen LogP contribution in [0.4, 0.5) is 0 Å². The second kappa shape index (κ2) is 9.09. The molecule has 0 unspecified atom stereocenters. The molecular weight excluding hydrogens is 444 g/mol. The van der Waals surface area contributed by atoms with Crippen molar-refractivity contribution in [2.45, 2.75) is 19.4 Å². The first-order valence-corrected chi connectivity index (χ1v) is 11.8. The number of nitrogens with zero attached hydrogens (tertiary/aromatic N) is 2. The maximum atomic E-state index is 12.7. The predicted molar refractivity (Wildman–Crippen MR) is 116 cm³/mol. The van der Waals surface area contributed by atoms with Gasteiger partial charge in [0, 0.05) is 19.6 Å². The molecule has 0 aliphatic carbocycles. The van der Waals surface area contributed by atoms with Crippen molar-refractivity contribution in [1.29, 1.82) is 0 Å². The molecule has 0 fully saturated rings. The number of hydrogen-bond donors (Lipinski definition) is 2. The van der Waals surface area contributed by atoms with Crippen molar-refractivity contribution in [3.8, 4) is 11.5 Å². The van der Waals surface area contributed by atoms with Gasteiger partial charge in [0.2, 0.25) is 10.0 Å². The van der Waals surface area contributed by atoms with Crippen LogP contribution in [0.3, 0.4) is 0 Å². The Morgan fingerprint density at radius 2 is 1.94 bits per heavy atom. The molecule has 0 saturated heterocycles. The third-order valence-electron chi connectivity index (χ3n) is 5.41. The van der Waals surface area contributed by atoms with Crippen molar-refractivity contribution in [2.24, 2.45) is 0 Å². The van der Waals surface area contributed by atoms with Gasteiger partial charge in [0.15, 0.2) is 11.5 Å². The molecule has 0 spiro atoms. The molecule has 0 bridgehead atoms. The first-order chi connectivity index (χ1) is 14.9. The topological polar surface area (TPSA) is 92.4 Å². The number of methoxy groups -OCH3 is 2. The van der Waals surface area contributed by atoms with Gasteiger partial charge in [-0.15, -0.1) is 0 Å². The second-order valence-corrected chi connectivity index (χ2v) is 9.43. The fourth-order valence-electron chi connectivity index (χ4n) is 3.82. The van der Waals surface area contributed by atoms with E-state index >= 15 is 0 Å². The summed E-state index contributed by atoms with van der Waals surface area (Å²) in [6.45, 7) is 2.81. The van der Waals surface area contributed by atoms with Crippen LogP contribution < -0.4 is 19.7 Å². The van der Waals surface area contributed by atoms with Crippen LogP contribution >= 0.6 is 11.6 Å². The van der Waals surface area contributed by atoms with Crippen molar-refractivity contribution in [2.75, 3.05) is 33.9 Å². The highest BCUT2D eigenvalue weighted by molar-refractivity contribution is 7.93. The van der Waals surface area contributed by atoms with Gasteiger partial charge in [0.05, 0.1) is 20.4 Å². The summed E-state index contributed by atoms with van der Waals surface area (Å²) < 4.78 is 38.9. The average Bonchev–Trinajstić information content (AvgIpc) is 3.26. The number of benzene rings is 1. The molecule has 9 nitrogen and oxygen atoms in total. The summed E-state index contributed by atoms with van der Waals surface area (Å²) in [4.78, 5) is 7.51. The fourth-order valence-corrected chi connectivity index (χ4v) is 5.24. The predicted octanol–water partition coefficient (Wildman–Crippen LogP) is 1.94. The zero-order valence-corrected chi connectivity index (χ0v) is 18.9. The van der Waals surface area contributed by atoms with Gasteiger partial charge in [-0.2, -0.15) is 10.0 Å². The molecule has 11 heteroatoms. The van der Waals surface area contributed by atoms with E-state index in [0.717, 1.165) is 37.6 Å². The van der Waals surface area contributed by atoms with Gasteiger partial charge in [-0.25, -0.2) is 18.6 Å². The van der Waals surface area contributed by atoms with E-state index in [1.165, 1.54) is 34.5 Å². The SMILES string of the molecule is COc1cc2c(cc1OC)CN(CCCNS(=O)(=O)C1=CC=C(Cl)N3ONC=C13)CC2. The molecule has 31 heavy (non-hydrogen) atoms. The van der Waals surface area contributed by atoms with Crippen LogP contribution in [-0.2, 0) is 27.9 Å². The molecule has 0 aromatic heterocycles. The summed E-state index contributed by atoms with van der Waals surface area (Å²) in [6.07, 6.45) is 6.00. The van der Waals surface area contributed by atoms with Crippen molar-refractivity contribution in [1.82, 2.24) is 20.2 Å². The number of nitrogens with one attached hydrogen (secondary N) is 2. The van der Waals surface area contributed by atoms with E-state index in [9.17, 15) is 8.42 Å². The van der Waals surface area contributed by atoms with E-state index in [1.807, 2.05) is 12.1 Å². The number of allylic oxidation sites excluding steroid dienone is 2. The van der Waals surface area contributed by atoms with E-state index in [1.54, 1.807) is 14.2 Å². The van der Waals surface area contributed by atoms with E-state index < -0.39 is 10.0 Å². The van der Waals surface area contributed by atoms with Crippen LogP contribution in [0.5, 0.6) is 11.5 Å². The minimum absolute atomic E-state index is 0.106. The van der Waals surface area contributed by atoms with Crippen molar-refractivity contribution in [3.63, 3.8) is 0 Å². The molecule has 3 aliphatic rings. The van der Waals surface area contributed by atoms with Crippen LogP contribution in [0.15, 0.2) is 46.2 Å². The average molecular weight is 469 g/mol. The summed E-state index contributed by atoms with van der Waals surface area (Å²) in [5, 5.41) is 1.50. The zero-order chi connectivity index (χ0) is 22.0. The number of hydrogen-bond acceptors (Lipinski definition) is 8. The quantitative estimate of drug-likeness (QED) is 0.442. The van der Waals surface area contributed by atoms with Crippen LogP contribution in [0.2, 0.25) is 0 Å². The third kappa shape index (κ3) is 4.53. The van der Waals surface area contributed by atoms with E-state index in [0.29, 0.717) is 18.7 Å². The summed E-state index contributed by atoms with van der Waals surface area (Å²) in [5.74, 6) is 1.47. The normalized spacial score (nSPS) is 18.4. The number of rotatable bonds is 8. The molecule has 0 radical (unpaired) electrons. The van der Waals surface area contributed by atoms with Gasteiger partial charge in [0.1, 0.15) is 15.8 Å². The molecule has 1 aromatic rings. The Kier molecular flexibility index (Phi) is 6.44. The highest BCUT2D eigenvalue weighted by Gasteiger charge is 2.33. The van der Waals surface area contributed by atoms with Gasteiger partial charge in [-0.3, -0.25) is 4.90 Å². The number of ether oxygens (including phenoxy) is 2. The number of sulfonamides is 1. The van der Waals surface area contributed by atoms with Gasteiger partial charge >= 0.3 is 0 Å². The lowest BCUT2D eigenvalue weighted by molar-refractivity contribution is -0.117. The summed E-state index contributed by atoms with van der Waals surface area (Å²) in [5.41, 5.74) is 5.33. The zero-order valence-electron chi connectivity index (χ0n) is 17.4. The molecular formula is C20H25ClN4O5S. The van der Waals surface area contributed by atoms with Crippen molar-refractivity contribution in [3.05, 3.63) is 57.4 Å². The van der Waals surface area contributed by atoms with Crippen LogP contribution in [0.25, 0.3) is 0 Å². The molecule has 0 amide bonds. The molecule has 0 saturated carbocycles. The van der Waals surface area contributed by atoms with E-state index in [2.05, 4.69) is 15.1 Å². The van der Waals surface area contributed by atoms with Gasteiger partial charge in [0.25, 0.3) is 0 Å². The first kappa shape index (κ1) is 22.0. The Bertz CT molecular complexity index is 1050. The smallest absolute Gasteiger partial charge is 0.242 e. The van der Waals surface area contributed by atoms with Crippen LogP contribution in [0.1, 0.15) is 17.5 Å². The standard InChI is InChI=1S/C20H25ClN4O5S/c1-28-17-10-14-6-9-24(13-15(14)11-18(17)29-2)8-3-7-23-31(26,27)19-4-5-20(21)25-16(19)12-22-30-25/h4-5,10-12,22-23H,3,6-9,13H2,1-2H3. The molecule has 3 heterocycles. The number of fused-ring (bicyclic) bond motifs is 2. The molecule has 1 aromatic carbocycles. The molecule has 3 aliphatic heterocycles. The summed E-state index contributed by atoms with van der Waals surface area (Å²) in [7, 11) is -0.432. The molecule has 4 rings (SSSR count). The number of halogens is 1. The monoisotopic (exact) mass is 468 g/mol. The first-order valence-electron chi connectivity index (χ1n) is 9.89. The lowest BCUT2D eigenvalue weighted by Crippen LogP contribution is -2.35. The lowest BCUT2D eigenvalue weighted by atomic mass is 9.98. The van der Waals surface area contributed by atoms with Crippen molar-refractivity contribution < 1.29 is 22.8 Å². The molecule has 2 N–H and O–H groups in total. The van der Waals surface area contributed by atoms with E-state index in [4.69, 9.17) is 26.0 Å². The minimum Gasteiger partial charge on any atom is -0.493 e. The van der Waals surface area contributed by atoms with E-state index in [-0.39, 0.29) is 10.1 Å². The Morgan fingerprint density at radius 3 is 2.68 bits per heavy atom. The van der Waals surface area contributed by atoms with Crippen LogP contribution in [-0.4, -0.2) is 52.2 Å². The minimum atomic E-state index is -3.70. The summed E-state index contributed by atoms with van der Waals surface area (Å²) in [6, 6.07) is 4.06. The Hall–Kier alpha value is -2.24. The van der Waals surface area contributed by atoms with Gasteiger partial charge in [-0.1, -0.05) is 11.6 Å². The van der Waals surface area contributed by atoms with Crippen molar-refractivity contribution >= 4 is 21.6 Å². The lowest BCUT2D eigenvalue weighted by Gasteiger charge is -2.29. The third-order valence-corrected chi connectivity index (χ3v) is 7.19. The van der Waals surface area contributed by atoms with Crippen LogP contribution in [0, 0.1) is 0 Å².